The summed E-state index contributed by atoms with van der Waals surface area (Å²) in [7, 11) is 0. The van der Waals surface area contributed by atoms with Crippen LogP contribution in [0.5, 0.6) is 0 Å². The molecule has 2 atom stereocenters. The molecule has 118 valence electrons. The maximum atomic E-state index is 12.8. The average Bonchev–Trinajstić information content (AvgIpc) is 3.27. The van der Waals surface area contributed by atoms with Crippen molar-refractivity contribution >= 4 is 11.8 Å². The third kappa shape index (κ3) is 2.73. The van der Waals surface area contributed by atoms with Gasteiger partial charge in [-0.2, -0.15) is 0 Å². The van der Waals surface area contributed by atoms with E-state index >= 15 is 0 Å². The first-order valence-electron chi connectivity index (χ1n) is 7.82. The molecule has 1 aromatic rings. The topological polar surface area (TPSA) is 75.4 Å². The molecule has 1 saturated carbocycles. The lowest BCUT2D eigenvalue weighted by atomic mass is 9.98. The van der Waals surface area contributed by atoms with Gasteiger partial charge in [-0.05, 0) is 43.9 Å². The molecule has 1 aliphatic carbocycles. The number of carbonyl (C=O) groups excluding carboxylic acids is 2. The van der Waals surface area contributed by atoms with Crippen molar-refractivity contribution in [3.8, 4) is 0 Å². The number of nitrogens with two attached hydrogens (primary N) is 1. The molecule has 1 aliphatic heterocycles. The van der Waals surface area contributed by atoms with Crippen molar-refractivity contribution < 1.29 is 9.59 Å². The van der Waals surface area contributed by atoms with E-state index < -0.39 is 5.91 Å². The summed E-state index contributed by atoms with van der Waals surface area (Å²) in [5, 5.41) is 3.34. The first kappa shape index (κ1) is 15.0. The monoisotopic (exact) mass is 301 g/mol. The van der Waals surface area contributed by atoms with Gasteiger partial charge in [0.2, 0.25) is 11.8 Å². The molecule has 5 nitrogen and oxygen atoms in total. The maximum Gasteiger partial charge on any atom is 0.248 e. The zero-order valence-corrected chi connectivity index (χ0v) is 13.1. The molecule has 1 heterocycles. The summed E-state index contributed by atoms with van der Waals surface area (Å²) >= 11 is 0. The van der Waals surface area contributed by atoms with Crippen molar-refractivity contribution in [1.82, 2.24) is 10.2 Å². The molecule has 0 unspecified atom stereocenters. The Labute approximate surface area is 130 Å². The van der Waals surface area contributed by atoms with Gasteiger partial charge < -0.3 is 16.0 Å². The lowest BCUT2D eigenvalue weighted by molar-refractivity contribution is -0.139. The number of nitrogens with zero attached hydrogens (tertiary/aromatic N) is 1. The number of benzene rings is 1. The van der Waals surface area contributed by atoms with Crippen molar-refractivity contribution in [3.63, 3.8) is 0 Å². The number of hydrogen-bond acceptors (Lipinski definition) is 3. The van der Waals surface area contributed by atoms with Crippen molar-refractivity contribution in [3.05, 3.63) is 35.4 Å². The zero-order chi connectivity index (χ0) is 15.9. The minimum Gasteiger partial charge on any atom is -0.366 e. The fraction of sp³-hybridized carbons (Fsp3) is 0.529. The SMILES string of the molecule is CC1(C)CNCCN1C(=O)[C@@H]1C[C@H]1c1ccc(C(N)=O)cc1. The summed E-state index contributed by atoms with van der Waals surface area (Å²) in [6, 6.07) is 7.32. The van der Waals surface area contributed by atoms with Crippen LogP contribution in [0.2, 0.25) is 0 Å². The highest BCUT2D eigenvalue weighted by Crippen LogP contribution is 2.49. The van der Waals surface area contributed by atoms with Crippen LogP contribution in [0.15, 0.2) is 24.3 Å². The average molecular weight is 301 g/mol. The largest absolute Gasteiger partial charge is 0.366 e. The van der Waals surface area contributed by atoms with Crippen molar-refractivity contribution in [1.29, 1.82) is 0 Å². The molecule has 2 amide bonds. The van der Waals surface area contributed by atoms with Gasteiger partial charge >= 0.3 is 0 Å². The molecule has 1 saturated heterocycles. The van der Waals surface area contributed by atoms with E-state index in [0.717, 1.165) is 31.6 Å². The van der Waals surface area contributed by atoms with Crippen molar-refractivity contribution in [2.24, 2.45) is 11.7 Å². The van der Waals surface area contributed by atoms with Gasteiger partial charge in [0.1, 0.15) is 0 Å². The van der Waals surface area contributed by atoms with Crippen LogP contribution in [0.3, 0.4) is 0 Å². The van der Waals surface area contributed by atoms with Gasteiger partial charge in [-0.25, -0.2) is 0 Å². The molecule has 1 aromatic carbocycles. The van der Waals surface area contributed by atoms with Crippen LogP contribution >= 0.6 is 0 Å². The minimum atomic E-state index is -0.419. The Morgan fingerprint density at radius 1 is 1.27 bits per heavy atom. The lowest BCUT2D eigenvalue weighted by Gasteiger charge is -2.43. The highest BCUT2D eigenvalue weighted by atomic mass is 16.2. The van der Waals surface area contributed by atoms with E-state index in [0.29, 0.717) is 5.56 Å². The van der Waals surface area contributed by atoms with Crippen LogP contribution in [-0.2, 0) is 4.79 Å². The van der Waals surface area contributed by atoms with Gasteiger partial charge in [0.25, 0.3) is 0 Å². The molecule has 5 heteroatoms. The second-order valence-electron chi connectivity index (χ2n) is 6.91. The minimum absolute atomic E-state index is 0.0804. The number of hydrogen-bond donors (Lipinski definition) is 2. The molecule has 3 rings (SSSR count). The Kier molecular flexibility index (Phi) is 3.68. The van der Waals surface area contributed by atoms with Gasteiger partial charge in [0, 0.05) is 36.7 Å². The molecule has 22 heavy (non-hydrogen) atoms. The van der Waals surface area contributed by atoms with E-state index in [9.17, 15) is 9.59 Å². The maximum absolute atomic E-state index is 12.8. The Morgan fingerprint density at radius 2 is 1.95 bits per heavy atom. The van der Waals surface area contributed by atoms with Crippen LogP contribution in [0.4, 0.5) is 0 Å². The van der Waals surface area contributed by atoms with Crippen LogP contribution in [0.25, 0.3) is 0 Å². The molecular formula is C17H23N3O2. The summed E-state index contributed by atoms with van der Waals surface area (Å²) in [6.45, 7) is 6.69. The summed E-state index contributed by atoms with van der Waals surface area (Å²) in [4.78, 5) is 25.9. The van der Waals surface area contributed by atoms with E-state index in [1.54, 1.807) is 12.1 Å². The fourth-order valence-electron chi connectivity index (χ4n) is 3.32. The normalized spacial score (nSPS) is 26.5. The highest BCUT2D eigenvalue weighted by Gasteiger charge is 2.48. The van der Waals surface area contributed by atoms with Gasteiger partial charge in [0.05, 0.1) is 0 Å². The quantitative estimate of drug-likeness (QED) is 0.878. The first-order chi connectivity index (χ1) is 10.4. The Bertz CT molecular complexity index is 594. The molecular weight excluding hydrogens is 278 g/mol. The fourth-order valence-corrected chi connectivity index (χ4v) is 3.32. The van der Waals surface area contributed by atoms with Gasteiger partial charge in [0.15, 0.2) is 0 Å². The van der Waals surface area contributed by atoms with Crippen LogP contribution < -0.4 is 11.1 Å². The van der Waals surface area contributed by atoms with E-state index in [2.05, 4.69) is 19.2 Å². The third-order valence-electron chi connectivity index (χ3n) is 4.80. The summed E-state index contributed by atoms with van der Waals surface area (Å²) in [5.74, 6) is 0.199. The number of amides is 2. The third-order valence-corrected chi connectivity index (χ3v) is 4.80. The molecule has 2 aliphatic rings. The van der Waals surface area contributed by atoms with Gasteiger partial charge in [-0.15, -0.1) is 0 Å². The van der Waals surface area contributed by atoms with E-state index in [4.69, 9.17) is 5.73 Å². The Balaban J connectivity index is 1.68. The number of nitrogens with one attached hydrogen (secondary N) is 1. The van der Waals surface area contributed by atoms with Crippen LogP contribution in [-0.4, -0.2) is 41.9 Å². The van der Waals surface area contributed by atoms with Gasteiger partial charge in [-0.1, -0.05) is 12.1 Å². The Hall–Kier alpha value is -1.88. The predicted octanol–water partition coefficient (Wildman–Crippen LogP) is 1.10. The summed E-state index contributed by atoms with van der Waals surface area (Å²) in [6.07, 6.45) is 0.898. The summed E-state index contributed by atoms with van der Waals surface area (Å²) in [5.41, 5.74) is 6.76. The molecule has 0 aromatic heterocycles. The highest BCUT2D eigenvalue weighted by molar-refractivity contribution is 5.92. The van der Waals surface area contributed by atoms with E-state index in [1.807, 2.05) is 17.0 Å². The summed E-state index contributed by atoms with van der Waals surface area (Å²) < 4.78 is 0. The smallest absolute Gasteiger partial charge is 0.248 e. The molecule has 2 fully saturated rings. The second-order valence-corrected chi connectivity index (χ2v) is 6.91. The first-order valence-corrected chi connectivity index (χ1v) is 7.82. The predicted molar refractivity (Wildman–Crippen MR) is 84.5 cm³/mol. The molecule has 0 radical (unpaired) electrons. The number of carbonyl (C=O) groups is 2. The number of primary amides is 1. The van der Waals surface area contributed by atoms with Crippen LogP contribution in [0, 0.1) is 5.92 Å². The van der Waals surface area contributed by atoms with E-state index in [-0.39, 0.29) is 23.3 Å². The molecule has 0 bridgehead atoms. The molecule has 0 spiro atoms. The number of piperazine rings is 1. The van der Waals surface area contributed by atoms with Crippen molar-refractivity contribution in [2.75, 3.05) is 19.6 Å². The molecule has 3 N–H and O–H groups in total. The second kappa shape index (κ2) is 5.39. The van der Waals surface area contributed by atoms with Crippen molar-refractivity contribution in [2.45, 2.75) is 31.7 Å². The Morgan fingerprint density at radius 3 is 2.55 bits per heavy atom. The van der Waals surface area contributed by atoms with E-state index in [1.165, 1.54) is 0 Å². The standard InChI is InChI=1S/C17H23N3O2/c1-17(2)10-19-7-8-20(17)16(22)14-9-13(14)11-3-5-12(6-4-11)15(18)21/h3-6,13-14,19H,7-10H2,1-2H3,(H2,18,21)/t13-,14+/m0/s1. The van der Waals surface area contributed by atoms with Crippen LogP contribution in [0.1, 0.15) is 42.1 Å². The zero-order valence-electron chi connectivity index (χ0n) is 13.1. The van der Waals surface area contributed by atoms with Gasteiger partial charge in [-0.3, -0.25) is 9.59 Å². The lowest BCUT2D eigenvalue weighted by Crippen LogP contribution is -2.60. The number of rotatable bonds is 3.